The van der Waals surface area contributed by atoms with Crippen molar-refractivity contribution in [3.05, 3.63) is 47.4 Å². The maximum Gasteiger partial charge on any atom is 0.219 e. The number of rotatable bonds is 4. The average molecular weight is 493 g/mol. The molecule has 0 radical (unpaired) electrons. The first-order valence-corrected chi connectivity index (χ1v) is 13.4. The molecule has 5 heterocycles. The van der Waals surface area contributed by atoms with Crippen molar-refractivity contribution in [2.24, 2.45) is 13.0 Å². The van der Waals surface area contributed by atoms with Crippen LogP contribution in [-0.4, -0.2) is 62.8 Å². The molecule has 8 nitrogen and oxygen atoms in total. The van der Waals surface area contributed by atoms with E-state index in [9.17, 15) is 4.79 Å². The first-order valence-electron chi connectivity index (χ1n) is 12.5. The maximum atomic E-state index is 12.3. The van der Waals surface area contributed by atoms with Gasteiger partial charge in [0.15, 0.2) is 5.82 Å². The minimum Gasteiger partial charge on any atom is -0.379 e. The lowest BCUT2D eigenvalue weighted by Gasteiger charge is -2.36. The molecule has 9 heteroatoms. The van der Waals surface area contributed by atoms with Crippen LogP contribution < -0.4 is 4.90 Å². The van der Waals surface area contributed by atoms with Gasteiger partial charge in [-0.3, -0.25) is 14.2 Å². The molecule has 0 aliphatic carbocycles. The summed E-state index contributed by atoms with van der Waals surface area (Å²) in [6.45, 7) is 5.46. The van der Waals surface area contributed by atoms with Gasteiger partial charge in [-0.1, -0.05) is 6.07 Å². The highest BCUT2D eigenvalue weighted by atomic mass is 31.0. The van der Waals surface area contributed by atoms with Crippen LogP contribution in [0, 0.1) is 5.92 Å². The fourth-order valence-electron chi connectivity index (χ4n) is 5.78. The molecule has 0 saturated carbocycles. The summed E-state index contributed by atoms with van der Waals surface area (Å²) >= 11 is 0. The second-order valence-corrected chi connectivity index (χ2v) is 10.5. The summed E-state index contributed by atoms with van der Waals surface area (Å²) < 4.78 is 9.79. The highest BCUT2D eigenvalue weighted by molar-refractivity contribution is 7.16. The molecule has 3 aromatic rings. The highest BCUT2D eigenvalue weighted by Gasteiger charge is 2.35. The summed E-state index contributed by atoms with van der Waals surface area (Å²) in [5.41, 5.74) is 7.37. The number of benzene rings is 1. The Morgan fingerprint density at radius 1 is 1.29 bits per heavy atom. The number of fused-ring (bicyclic) bond motifs is 2. The summed E-state index contributed by atoms with van der Waals surface area (Å²) in [7, 11) is 4.89. The minimum absolute atomic E-state index is 0.126. The number of aromatic nitrogens is 4. The van der Waals surface area contributed by atoms with Crippen molar-refractivity contribution in [3.8, 4) is 11.1 Å². The number of ether oxygens (including phenoxy) is 1. The van der Waals surface area contributed by atoms with E-state index in [1.807, 2.05) is 22.8 Å². The zero-order valence-electron chi connectivity index (χ0n) is 20.5. The molecule has 184 valence electrons. The van der Waals surface area contributed by atoms with Crippen LogP contribution in [0.2, 0.25) is 0 Å². The zero-order valence-corrected chi connectivity index (χ0v) is 21.6. The van der Waals surface area contributed by atoms with Gasteiger partial charge in [0.25, 0.3) is 0 Å². The second kappa shape index (κ2) is 9.07. The minimum atomic E-state index is 0.126. The Hall–Kier alpha value is -2.70. The summed E-state index contributed by atoms with van der Waals surface area (Å²) in [5, 5.41) is 9.60. The fourth-order valence-corrected chi connectivity index (χ4v) is 6.10. The standard InChI is InChI=1S/C26H33N6O2P/c1-17(33)30-7-5-25-23(14-30)26(28-32(25)22-6-8-34-15-22)31-12-18(16-35)9-20-10-19(3-4-24(20)31)21-11-27-29(2)13-21/h3-4,10-11,13,18,22H,5-9,12,14-16,35H2,1-2H3. The summed E-state index contributed by atoms with van der Waals surface area (Å²) in [6, 6.07) is 7.03. The van der Waals surface area contributed by atoms with Gasteiger partial charge in [-0.25, -0.2) is 0 Å². The smallest absolute Gasteiger partial charge is 0.219 e. The third-order valence-corrected chi connectivity index (χ3v) is 8.38. The van der Waals surface area contributed by atoms with E-state index in [-0.39, 0.29) is 11.9 Å². The Labute approximate surface area is 208 Å². The van der Waals surface area contributed by atoms with Gasteiger partial charge < -0.3 is 14.5 Å². The predicted molar refractivity (Wildman–Crippen MR) is 139 cm³/mol. The molecule has 1 aromatic carbocycles. The molecule has 3 atom stereocenters. The Kier molecular flexibility index (Phi) is 5.89. The molecule has 35 heavy (non-hydrogen) atoms. The topological polar surface area (TPSA) is 68.4 Å². The van der Waals surface area contributed by atoms with Crippen molar-refractivity contribution in [3.63, 3.8) is 0 Å². The molecular formula is C26H33N6O2P. The van der Waals surface area contributed by atoms with E-state index in [0.717, 1.165) is 56.5 Å². The summed E-state index contributed by atoms with van der Waals surface area (Å²) in [6.07, 6.45) is 7.89. The number of amides is 1. The van der Waals surface area contributed by atoms with Crippen molar-refractivity contribution in [2.75, 3.05) is 37.4 Å². The van der Waals surface area contributed by atoms with Gasteiger partial charge in [-0.2, -0.15) is 10.2 Å². The van der Waals surface area contributed by atoms with Gasteiger partial charge in [0.05, 0.1) is 25.4 Å². The third-order valence-electron chi connectivity index (χ3n) is 7.71. The van der Waals surface area contributed by atoms with E-state index in [2.05, 4.69) is 48.3 Å². The van der Waals surface area contributed by atoms with Gasteiger partial charge in [-0.05, 0) is 48.2 Å². The van der Waals surface area contributed by atoms with E-state index in [1.54, 1.807) is 6.92 Å². The van der Waals surface area contributed by atoms with E-state index in [0.29, 0.717) is 19.1 Å². The maximum absolute atomic E-state index is 12.3. The number of carbonyl (C=O) groups excluding carboxylic acids is 1. The molecule has 0 bridgehead atoms. The molecule has 0 spiro atoms. The monoisotopic (exact) mass is 492 g/mol. The lowest BCUT2D eigenvalue weighted by Crippen LogP contribution is -2.37. The van der Waals surface area contributed by atoms with E-state index < -0.39 is 0 Å². The molecule has 1 amide bonds. The van der Waals surface area contributed by atoms with Gasteiger partial charge in [0.2, 0.25) is 5.91 Å². The molecule has 1 saturated heterocycles. The lowest BCUT2D eigenvalue weighted by atomic mass is 9.91. The van der Waals surface area contributed by atoms with E-state index in [1.165, 1.54) is 28.1 Å². The molecule has 2 aromatic heterocycles. The molecular weight excluding hydrogens is 459 g/mol. The number of hydrogen-bond donors (Lipinski definition) is 0. The highest BCUT2D eigenvalue weighted by Crippen LogP contribution is 2.41. The van der Waals surface area contributed by atoms with Crippen molar-refractivity contribution in [2.45, 2.75) is 38.8 Å². The molecule has 0 N–H and O–H groups in total. The molecule has 3 aliphatic heterocycles. The number of anilines is 2. The first-order chi connectivity index (χ1) is 17.0. The van der Waals surface area contributed by atoms with Crippen LogP contribution in [0.5, 0.6) is 0 Å². The number of aryl methyl sites for hydroxylation is 1. The van der Waals surface area contributed by atoms with Crippen molar-refractivity contribution >= 4 is 26.7 Å². The molecule has 3 unspecified atom stereocenters. The molecule has 1 fully saturated rings. The number of hydrogen-bond acceptors (Lipinski definition) is 5. The Balaban J connectivity index is 1.45. The Morgan fingerprint density at radius 3 is 2.89 bits per heavy atom. The van der Waals surface area contributed by atoms with Crippen LogP contribution in [0.3, 0.4) is 0 Å². The second-order valence-electron chi connectivity index (χ2n) is 10.1. The first kappa shape index (κ1) is 22.7. The van der Waals surface area contributed by atoms with Gasteiger partial charge in [0.1, 0.15) is 0 Å². The normalized spacial score (nSPS) is 21.8. The van der Waals surface area contributed by atoms with Gasteiger partial charge in [0, 0.05) is 68.8 Å². The predicted octanol–water partition coefficient (Wildman–Crippen LogP) is 3.34. The average Bonchev–Trinajstić information content (AvgIpc) is 3.62. The summed E-state index contributed by atoms with van der Waals surface area (Å²) in [4.78, 5) is 16.6. The van der Waals surface area contributed by atoms with Crippen LogP contribution in [0.15, 0.2) is 30.6 Å². The number of carbonyl (C=O) groups is 1. The third kappa shape index (κ3) is 4.07. The van der Waals surface area contributed by atoms with Crippen LogP contribution in [0.4, 0.5) is 11.5 Å². The van der Waals surface area contributed by atoms with Gasteiger partial charge >= 0.3 is 0 Å². The Morgan fingerprint density at radius 2 is 2.17 bits per heavy atom. The Bertz CT molecular complexity index is 1260. The fraction of sp³-hybridized carbons (Fsp3) is 0.500. The van der Waals surface area contributed by atoms with Crippen LogP contribution >= 0.6 is 9.24 Å². The van der Waals surface area contributed by atoms with Crippen LogP contribution in [0.25, 0.3) is 11.1 Å². The summed E-state index contributed by atoms with van der Waals surface area (Å²) in [5.74, 6) is 1.65. The van der Waals surface area contributed by atoms with Crippen molar-refractivity contribution in [1.82, 2.24) is 24.5 Å². The van der Waals surface area contributed by atoms with E-state index in [4.69, 9.17) is 9.84 Å². The molecule has 6 rings (SSSR count). The molecule has 3 aliphatic rings. The van der Waals surface area contributed by atoms with Crippen LogP contribution in [-0.2, 0) is 36.0 Å². The number of nitrogens with zero attached hydrogens (tertiary/aromatic N) is 6. The van der Waals surface area contributed by atoms with Crippen LogP contribution in [0.1, 0.15) is 36.2 Å². The van der Waals surface area contributed by atoms with Crippen molar-refractivity contribution in [1.29, 1.82) is 0 Å². The zero-order chi connectivity index (χ0) is 24.1. The van der Waals surface area contributed by atoms with Crippen molar-refractivity contribution < 1.29 is 9.53 Å². The largest absolute Gasteiger partial charge is 0.379 e. The quantitative estimate of drug-likeness (QED) is 0.523. The lowest BCUT2D eigenvalue weighted by molar-refractivity contribution is -0.129. The van der Waals surface area contributed by atoms with E-state index >= 15 is 0 Å². The SMILES string of the molecule is CC(=O)N1CCc2c(c(N3CC(CP)Cc4cc(-c5cnn(C)c5)ccc43)nn2C2CCOC2)C1. The van der Waals surface area contributed by atoms with Gasteiger partial charge in [-0.15, -0.1) is 9.24 Å².